The van der Waals surface area contributed by atoms with Gasteiger partial charge < -0.3 is 9.67 Å². The molecular formula is C17H19Cl2NO. The summed E-state index contributed by atoms with van der Waals surface area (Å²) in [6, 6.07) is 5.77. The molecule has 4 heteroatoms. The van der Waals surface area contributed by atoms with Gasteiger partial charge in [0.2, 0.25) is 0 Å². The molecule has 0 fully saturated rings. The first-order valence-electron chi connectivity index (χ1n) is 7.13. The van der Waals surface area contributed by atoms with Crippen molar-refractivity contribution in [2.24, 2.45) is 5.41 Å². The van der Waals surface area contributed by atoms with E-state index in [2.05, 4.69) is 18.4 Å². The maximum atomic E-state index is 10.4. The molecule has 0 saturated heterocycles. The van der Waals surface area contributed by atoms with Crippen LogP contribution < -0.4 is 0 Å². The minimum atomic E-state index is -0.412. The zero-order valence-corrected chi connectivity index (χ0v) is 14.0. The lowest BCUT2D eigenvalue weighted by Gasteiger charge is -2.34. The number of fused-ring (bicyclic) bond motifs is 1. The summed E-state index contributed by atoms with van der Waals surface area (Å²) in [5.74, 6) is 0. The molecule has 21 heavy (non-hydrogen) atoms. The van der Waals surface area contributed by atoms with E-state index in [0.29, 0.717) is 10.0 Å². The second-order valence-corrected chi connectivity index (χ2v) is 7.52. The lowest BCUT2D eigenvalue weighted by atomic mass is 9.75. The topological polar surface area (TPSA) is 25.2 Å². The van der Waals surface area contributed by atoms with E-state index in [0.717, 1.165) is 35.3 Å². The standard InChI is InChI=1S/C17H19Cl2NO/c1-10-6-13(19)14(7-12(10)18)20-5-4-11-15(20)8-17(2,3)9-16(11)21/h4-7,16,21H,8-9H2,1-3H3. The third-order valence-corrected chi connectivity index (χ3v) is 4.98. The molecule has 0 saturated carbocycles. The normalized spacial score (nSPS) is 20.4. The molecule has 112 valence electrons. The van der Waals surface area contributed by atoms with Crippen molar-refractivity contribution in [3.63, 3.8) is 0 Å². The first-order chi connectivity index (χ1) is 9.78. The van der Waals surface area contributed by atoms with Gasteiger partial charge >= 0.3 is 0 Å². The summed E-state index contributed by atoms with van der Waals surface area (Å²) in [7, 11) is 0. The molecule has 2 nitrogen and oxygen atoms in total. The highest BCUT2D eigenvalue weighted by Crippen LogP contribution is 2.42. The van der Waals surface area contributed by atoms with Gasteiger partial charge in [0.1, 0.15) is 0 Å². The molecule has 1 atom stereocenters. The van der Waals surface area contributed by atoms with Crippen molar-refractivity contribution < 1.29 is 5.11 Å². The summed E-state index contributed by atoms with van der Waals surface area (Å²) in [6.07, 6.45) is 3.26. The molecule has 1 aromatic heterocycles. The largest absolute Gasteiger partial charge is 0.388 e. The Kier molecular flexibility index (Phi) is 3.59. The quantitative estimate of drug-likeness (QED) is 0.776. The highest BCUT2D eigenvalue weighted by molar-refractivity contribution is 6.35. The van der Waals surface area contributed by atoms with Gasteiger partial charge in [0, 0.05) is 22.5 Å². The van der Waals surface area contributed by atoms with Crippen molar-refractivity contribution in [1.82, 2.24) is 4.57 Å². The van der Waals surface area contributed by atoms with Crippen LogP contribution in [0.5, 0.6) is 0 Å². The molecule has 0 radical (unpaired) electrons. The van der Waals surface area contributed by atoms with E-state index >= 15 is 0 Å². The van der Waals surface area contributed by atoms with Crippen molar-refractivity contribution in [3.8, 4) is 5.69 Å². The lowest BCUT2D eigenvalue weighted by Crippen LogP contribution is -2.26. The number of rotatable bonds is 1. The minimum Gasteiger partial charge on any atom is -0.388 e. The molecule has 1 N–H and O–H groups in total. The average molecular weight is 324 g/mol. The molecule has 0 spiro atoms. The summed E-state index contributed by atoms with van der Waals surface area (Å²) in [5.41, 5.74) is 4.04. The van der Waals surface area contributed by atoms with Crippen LogP contribution in [0.1, 0.15) is 43.2 Å². The Bertz CT molecular complexity index is 703. The van der Waals surface area contributed by atoms with Crippen LogP contribution in [0.15, 0.2) is 24.4 Å². The van der Waals surface area contributed by atoms with E-state index in [1.54, 1.807) is 0 Å². The zero-order valence-electron chi connectivity index (χ0n) is 12.5. The van der Waals surface area contributed by atoms with Crippen molar-refractivity contribution in [1.29, 1.82) is 0 Å². The van der Waals surface area contributed by atoms with Crippen LogP contribution in [0.2, 0.25) is 10.0 Å². The van der Waals surface area contributed by atoms with Crippen LogP contribution in [0.4, 0.5) is 0 Å². The average Bonchev–Trinajstić information content (AvgIpc) is 2.76. The van der Waals surface area contributed by atoms with Gasteiger partial charge in [-0.05, 0) is 48.9 Å². The molecule has 1 aliphatic carbocycles. The Morgan fingerprint density at radius 1 is 1.24 bits per heavy atom. The van der Waals surface area contributed by atoms with E-state index in [1.807, 2.05) is 31.3 Å². The molecule has 3 rings (SSSR count). The third-order valence-electron chi connectivity index (χ3n) is 4.27. The van der Waals surface area contributed by atoms with Crippen LogP contribution in [-0.2, 0) is 6.42 Å². The molecule has 2 aromatic rings. The number of nitrogens with zero attached hydrogens (tertiary/aromatic N) is 1. The van der Waals surface area contributed by atoms with Crippen molar-refractivity contribution >= 4 is 23.2 Å². The number of aromatic nitrogens is 1. The second kappa shape index (κ2) is 5.05. The molecular weight excluding hydrogens is 305 g/mol. The first kappa shape index (κ1) is 15.0. The van der Waals surface area contributed by atoms with Gasteiger partial charge in [0.05, 0.1) is 16.8 Å². The summed E-state index contributed by atoms with van der Waals surface area (Å²) >= 11 is 12.7. The number of halogens is 2. The zero-order chi connectivity index (χ0) is 15.4. The number of aliphatic hydroxyl groups excluding tert-OH is 1. The Morgan fingerprint density at radius 3 is 2.67 bits per heavy atom. The number of benzene rings is 1. The van der Waals surface area contributed by atoms with Gasteiger partial charge in [-0.1, -0.05) is 37.0 Å². The van der Waals surface area contributed by atoms with Crippen LogP contribution in [0.25, 0.3) is 5.69 Å². The van der Waals surface area contributed by atoms with Crippen LogP contribution in [-0.4, -0.2) is 9.67 Å². The first-order valence-corrected chi connectivity index (χ1v) is 7.88. The van der Waals surface area contributed by atoms with E-state index in [4.69, 9.17) is 23.2 Å². The van der Waals surface area contributed by atoms with Gasteiger partial charge in [-0.25, -0.2) is 0 Å². The van der Waals surface area contributed by atoms with Crippen LogP contribution in [0.3, 0.4) is 0 Å². The maximum absolute atomic E-state index is 10.4. The van der Waals surface area contributed by atoms with Crippen molar-refractivity contribution in [3.05, 3.63) is 51.3 Å². The van der Waals surface area contributed by atoms with Gasteiger partial charge in [0.25, 0.3) is 0 Å². The van der Waals surface area contributed by atoms with Gasteiger partial charge in [0.15, 0.2) is 0 Å². The van der Waals surface area contributed by atoms with Gasteiger partial charge in [-0.2, -0.15) is 0 Å². The number of hydrogen-bond acceptors (Lipinski definition) is 1. The Morgan fingerprint density at radius 2 is 1.95 bits per heavy atom. The Labute approximate surface area is 135 Å². The van der Waals surface area contributed by atoms with E-state index in [-0.39, 0.29) is 5.41 Å². The summed E-state index contributed by atoms with van der Waals surface area (Å²) < 4.78 is 2.06. The monoisotopic (exact) mass is 323 g/mol. The Hall–Kier alpha value is -0.960. The summed E-state index contributed by atoms with van der Waals surface area (Å²) in [5, 5.41) is 11.7. The molecule has 1 aliphatic rings. The predicted molar refractivity (Wildman–Crippen MR) is 87.6 cm³/mol. The van der Waals surface area contributed by atoms with Crippen LogP contribution in [0, 0.1) is 12.3 Å². The predicted octanol–water partition coefficient (Wildman–Crippen LogP) is 5.10. The summed E-state index contributed by atoms with van der Waals surface area (Å²) in [6.45, 7) is 6.30. The number of hydrogen-bond donors (Lipinski definition) is 1. The molecule has 0 aliphatic heterocycles. The molecule has 0 amide bonds. The SMILES string of the molecule is Cc1cc(Cl)c(-n2ccc3c2CC(C)(C)CC3O)cc1Cl. The second-order valence-electron chi connectivity index (χ2n) is 6.70. The molecule has 1 aromatic carbocycles. The maximum Gasteiger partial charge on any atom is 0.0812 e. The fraction of sp³-hybridized carbons (Fsp3) is 0.412. The molecule has 1 heterocycles. The van der Waals surface area contributed by atoms with E-state index in [9.17, 15) is 5.11 Å². The fourth-order valence-corrected chi connectivity index (χ4v) is 3.64. The van der Waals surface area contributed by atoms with Gasteiger partial charge in [-0.15, -0.1) is 0 Å². The number of aryl methyl sites for hydroxylation is 1. The molecule has 1 unspecified atom stereocenters. The molecule has 0 bridgehead atoms. The third kappa shape index (κ3) is 2.61. The lowest BCUT2D eigenvalue weighted by molar-refractivity contribution is 0.0987. The minimum absolute atomic E-state index is 0.0729. The van der Waals surface area contributed by atoms with E-state index in [1.165, 1.54) is 0 Å². The van der Waals surface area contributed by atoms with Crippen molar-refractivity contribution in [2.45, 2.75) is 39.7 Å². The Balaban J connectivity index is 2.16. The number of aliphatic hydroxyl groups is 1. The smallest absolute Gasteiger partial charge is 0.0812 e. The van der Waals surface area contributed by atoms with Crippen molar-refractivity contribution in [2.75, 3.05) is 0 Å². The highest BCUT2D eigenvalue weighted by atomic mass is 35.5. The summed E-state index contributed by atoms with van der Waals surface area (Å²) in [4.78, 5) is 0. The van der Waals surface area contributed by atoms with Gasteiger partial charge in [-0.3, -0.25) is 0 Å². The van der Waals surface area contributed by atoms with Crippen LogP contribution >= 0.6 is 23.2 Å². The van der Waals surface area contributed by atoms with E-state index < -0.39 is 6.10 Å². The highest BCUT2D eigenvalue weighted by Gasteiger charge is 2.33. The fourth-order valence-electron chi connectivity index (χ4n) is 3.18.